The average molecular weight is 483 g/mol. The monoisotopic (exact) mass is 482 g/mol. The van der Waals surface area contributed by atoms with Gasteiger partial charge >= 0.3 is 0 Å². The van der Waals surface area contributed by atoms with Crippen molar-refractivity contribution in [2.45, 2.75) is 48.2 Å². The van der Waals surface area contributed by atoms with Crippen LogP contribution in [0.15, 0.2) is 84.1 Å². The van der Waals surface area contributed by atoms with Crippen molar-refractivity contribution in [1.29, 1.82) is 0 Å². The van der Waals surface area contributed by atoms with E-state index in [1.807, 2.05) is 30.6 Å². The summed E-state index contributed by atoms with van der Waals surface area (Å²) in [5.41, 5.74) is 3.91. The van der Waals surface area contributed by atoms with Crippen LogP contribution in [0.5, 0.6) is 0 Å². The molecule has 0 saturated heterocycles. The molecule has 0 bridgehead atoms. The molecule has 2 fully saturated rings. The van der Waals surface area contributed by atoms with Crippen molar-refractivity contribution >= 4 is 26.4 Å². The normalized spacial score (nSPS) is 19.5. The Hall–Kier alpha value is -3.38. The van der Waals surface area contributed by atoms with Gasteiger partial charge in [-0.25, -0.2) is 8.42 Å². The summed E-state index contributed by atoms with van der Waals surface area (Å²) in [6, 6.07) is 18.6. The van der Waals surface area contributed by atoms with Crippen LogP contribution < -0.4 is 0 Å². The van der Waals surface area contributed by atoms with Crippen LogP contribution in [0.25, 0.3) is 10.8 Å². The number of benzene rings is 2. The van der Waals surface area contributed by atoms with Crippen molar-refractivity contribution in [2.75, 3.05) is 0 Å². The van der Waals surface area contributed by atoms with Crippen LogP contribution in [-0.2, 0) is 26.8 Å². The first kappa shape index (κ1) is 22.1. The summed E-state index contributed by atoms with van der Waals surface area (Å²) in [4.78, 5) is 21.8. The van der Waals surface area contributed by atoms with Crippen molar-refractivity contribution in [2.24, 2.45) is 5.92 Å². The van der Waals surface area contributed by atoms with Crippen LogP contribution in [0.2, 0.25) is 0 Å². The highest BCUT2D eigenvalue weighted by atomic mass is 32.2. The predicted molar refractivity (Wildman–Crippen MR) is 135 cm³/mol. The van der Waals surface area contributed by atoms with E-state index in [1.165, 1.54) is 23.8 Å². The number of hydrogen-bond donors (Lipinski definition) is 0. The molecular weight excluding hydrogens is 456 g/mol. The van der Waals surface area contributed by atoms with Gasteiger partial charge in [0, 0.05) is 36.3 Å². The van der Waals surface area contributed by atoms with E-state index in [9.17, 15) is 13.2 Å². The van der Waals surface area contributed by atoms with E-state index < -0.39 is 9.84 Å². The lowest BCUT2D eigenvalue weighted by atomic mass is 9.98. The zero-order valence-corrected chi connectivity index (χ0v) is 20.1. The van der Waals surface area contributed by atoms with Crippen LogP contribution in [0.4, 0.5) is 0 Å². The van der Waals surface area contributed by atoms with Crippen molar-refractivity contribution in [1.82, 2.24) is 9.97 Å². The minimum Gasteiger partial charge on any atom is -0.299 e. The number of sulfone groups is 1. The quantitative estimate of drug-likeness (QED) is 0.336. The number of rotatable bonds is 8. The Bertz CT molecular complexity index is 1510. The summed E-state index contributed by atoms with van der Waals surface area (Å²) in [7, 11) is -3.46. The highest BCUT2D eigenvalue weighted by Gasteiger charge is 2.43. The Kier molecular flexibility index (Phi) is 5.49. The third-order valence-electron chi connectivity index (χ3n) is 7.19. The lowest BCUT2D eigenvalue weighted by molar-refractivity contribution is -0.119. The first-order valence-electron chi connectivity index (χ1n) is 12.1. The lowest BCUT2D eigenvalue weighted by Gasteiger charge is -2.08. The number of carbonyl (C=O) groups excluding carboxylic acids is 1. The second-order valence-electron chi connectivity index (χ2n) is 9.80. The molecule has 2 aromatic heterocycles. The Morgan fingerprint density at radius 1 is 0.971 bits per heavy atom. The van der Waals surface area contributed by atoms with Crippen molar-refractivity contribution in [3.05, 3.63) is 102 Å². The molecule has 6 heteroatoms. The highest BCUT2D eigenvalue weighted by Crippen LogP contribution is 2.49. The number of aromatic nitrogens is 2. The molecule has 0 N–H and O–H groups in total. The lowest BCUT2D eigenvalue weighted by Crippen LogP contribution is -2.07. The maximum Gasteiger partial charge on any atom is 0.184 e. The first-order valence-corrected chi connectivity index (χ1v) is 13.7. The van der Waals surface area contributed by atoms with Gasteiger partial charge in [-0.15, -0.1) is 0 Å². The van der Waals surface area contributed by atoms with Gasteiger partial charge in [0.05, 0.1) is 16.3 Å². The third-order valence-corrected chi connectivity index (χ3v) is 8.85. The SMILES string of the molecule is O=C(Cc1ccc2cncc(C3CC3)c2c1)[C@@H]1C[C@H]1c1ccc(S(=O)(=O)Cc2ccccn2)cc1. The summed E-state index contributed by atoms with van der Waals surface area (Å²) in [5.74, 6) is 0.912. The van der Waals surface area contributed by atoms with Gasteiger partial charge in [-0.2, -0.15) is 0 Å². The average Bonchev–Trinajstić information content (AvgIpc) is 3.78. The number of ketones is 1. The number of pyridine rings is 2. The second kappa shape index (κ2) is 8.68. The highest BCUT2D eigenvalue weighted by molar-refractivity contribution is 7.90. The molecule has 2 heterocycles. The molecule has 0 amide bonds. The van der Waals surface area contributed by atoms with E-state index in [1.54, 1.807) is 36.5 Å². The zero-order chi connectivity index (χ0) is 24.0. The molecule has 0 aliphatic heterocycles. The fourth-order valence-electron chi connectivity index (χ4n) is 5.00. The third kappa shape index (κ3) is 4.63. The van der Waals surface area contributed by atoms with Crippen LogP contribution in [0.3, 0.4) is 0 Å². The van der Waals surface area contributed by atoms with Gasteiger partial charge in [0.2, 0.25) is 0 Å². The summed E-state index contributed by atoms with van der Waals surface area (Å²) >= 11 is 0. The van der Waals surface area contributed by atoms with Gasteiger partial charge in [0.25, 0.3) is 0 Å². The van der Waals surface area contributed by atoms with E-state index in [0.29, 0.717) is 18.0 Å². The summed E-state index contributed by atoms with van der Waals surface area (Å²) in [5, 5.41) is 2.36. The fraction of sp³-hybridized carbons (Fsp3) is 0.276. The van der Waals surface area contributed by atoms with E-state index in [-0.39, 0.29) is 28.3 Å². The number of Topliss-reactive ketones (excluding diaryl/α,β-unsaturated/α-hetero) is 1. The fourth-order valence-corrected chi connectivity index (χ4v) is 6.28. The standard InChI is InChI=1S/C29H26N2O3S/c32-29(14-19-4-5-22-16-30-17-28(21-6-7-21)25(22)13-19)27-15-26(27)20-8-10-24(11-9-20)35(33,34)18-23-3-1-2-12-31-23/h1-5,8-13,16-17,21,26-27H,6-7,14-15,18H2/t26-,27+/m0/s1. The number of hydrogen-bond acceptors (Lipinski definition) is 5. The summed E-state index contributed by atoms with van der Waals surface area (Å²) < 4.78 is 25.5. The predicted octanol–water partition coefficient (Wildman–Crippen LogP) is 5.40. The van der Waals surface area contributed by atoms with Crippen molar-refractivity contribution in [3.63, 3.8) is 0 Å². The molecule has 0 radical (unpaired) electrons. The largest absolute Gasteiger partial charge is 0.299 e. The van der Waals surface area contributed by atoms with E-state index >= 15 is 0 Å². The molecule has 2 saturated carbocycles. The topological polar surface area (TPSA) is 77.0 Å². The molecule has 2 aromatic carbocycles. The van der Waals surface area contributed by atoms with Crippen LogP contribution >= 0.6 is 0 Å². The molecule has 0 unspecified atom stereocenters. The van der Waals surface area contributed by atoms with Crippen LogP contribution in [-0.4, -0.2) is 24.2 Å². The molecule has 0 spiro atoms. The van der Waals surface area contributed by atoms with Gasteiger partial charge in [0.1, 0.15) is 5.78 Å². The molecule has 6 rings (SSSR count). The Morgan fingerprint density at radius 3 is 2.54 bits per heavy atom. The number of fused-ring (bicyclic) bond motifs is 1. The molecule has 5 nitrogen and oxygen atoms in total. The van der Waals surface area contributed by atoms with Crippen molar-refractivity contribution < 1.29 is 13.2 Å². The molecular formula is C29H26N2O3S. The Balaban J connectivity index is 1.12. The smallest absolute Gasteiger partial charge is 0.184 e. The minimum absolute atomic E-state index is 0.00187. The van der Waals surface area contributed by atoms with Gasteiger partial charge in [-0.3, -0.25) is 14.8 Å². The van der Waals surface area contributed by atoms with E-state index in [0.717, 1.165) is 22.9 Å². The van der Waals surface area contributed by atoms with Gasteiger partial charge < -0.3 is 0 Å². The van der Waals surface area contributed by atoms with Gasteiger partial charge in [-0.1, -0.05) is 36.4 Å². The molecule has 4 aromatic rings. The summed E-state index contributed by atoms with van der Waals surface area (Å²) in [6.45, 7) is 0. The maximum atomic E-state index is 13.0. The second-order valence-corrected chi connectivity index (χ2v) is 11.8. The van der Waals surface area contributed by atoms with Crippen LogP contribution in [0.1, 0.15) is 53.5 Å². The molecule has 2 atom stereocenters. The Morgan fingerprint density at radius 2 is 1.80 bits per heavy atom. The van der Waals surface area contributed by atoms with E-state index in [4.69, 9.17) is 0 Å². The molecule has 176 valence electrons. The minimum atomic E-state index is -3.46. The zero-order valence-electron chi connectivity index (χ0n) is 19.3. The Labute approximate surface area is 205 Å². The number of nitrogens with zero attached hydrogens (tertiary/aromatic N) is 2. The summed E-state index contributed by atoms with van der Waals surface area (Å²) in [6.07, 6.45) is 9.16. The molecule has 35 heavy (non-hydrogen) atoms. The van der Waals surface area contributed by atoms with Crippen LogP contribution in [0, 0.1) is 5.92 Å². The van der Waals surface area contributed by atoms with E-state index in [2.05, 4.69) is 22.1 Å². The first-order chi connectivity index (χ1) is 17.0. The van der Waals surface area contributed by atoms with Crippen molar-refractivity contribution in [3.8, 4) is 0 Å². The maximum absolute atomic E-state index is 13.0. The molecule has 2 aliphatic rings. The molecule has 2 aliphatic carbocycles. The van der Waals surface area contributed by atoms with Gasteiger partial charge in [0.15, 0.2) is 9.84 Å². The van der Waals surface area contributed by atoms with Gasteiger partial charge in [-0.05, 0) is 77.4 Å². The number of carbonyl (C=O) groups is 1.